The van der Waals surface area contributed by atoms with Crippen LogP contribution in [-0.4, -0.2) is 9.97 Å². The lowest BCUT2D eigenvalue weighted by molar-refractivity contribution is 0.963. The molecule has 2 aromatic rings. The van der Waals surface area contributed by atoms with Gasteiger partial charge in [-0.1, -0.05) is 18.5 Å². The summed E-state index contributed by atoms with van der Waals surface area (Å²) in [7, 11) is 0. The van der Waals surface area contributed by atoms with Crippen LogP contribution in [0.15, 0.2) is 5.38 Å². The molecule has 0 amide bonds. The average Bonchev–Trinajstić information content (AvgIpc) is 2.99. The first-order valence-corrected chi connectivity index (χ1v) is 6.49. The fourth-order valence-electron chi connectivity index (χ4n) is 1.81. The Kier molecular flexibility index (Phi) is 2.18. The van der Waals surface area contributed by atoms with Crippen molar-refractivity contribution in [3.8, 4) is 0 Å². The van der Waals surface area contributed by atoms with Gasteiger partial charge in [0.25, 0.3) is 0 Å². The van der Waals surface area contributed by atoms with Crippen molar-refractivity contribution < 1.29 is 0 Å². The lowest BCUT2D eigenvalue weighted by Gasteiger charge is -2.00. The van der Waals surface area contributed by atoms with Crippen LogP contribution in [0.4, 0.5) is 0 Å². The number of aryl methyl sites for hydroxylation is 1. The highest BCUT2D eigenvalue weighted by atomic mass is 35.5. The summed E-state index contributed by atoms with van der Waals surface area (Å²) in [5.74, 6) is 1.56. The van der Waals surface area contributed by atoms with Crippen LogP contribution in [0.1, 0.15) is 37.1 Å². The van der Waals surface area contributed by atoms with E-state index in [-0.39, 0.29) is 0 Å². The molecule has 2 heterocycles. The zero-order valence-corrected chi connectivity index (χ0v) is 10.0. The molecule has 1 aliphatic rings. The smallest absolute Gasteiger partial charge is 0.141 e. The molecule has 1 aliphatic carbocycles. The zero-order valence-electron chi connectivity index (χ0n) is 8.46. The van der Waals surface area contributed by atoms with Gasteiger partial charge in [0.05, 0.1) is 5.39 Å². The van der Waals surface area contributed by atoms with E-state index in [2.05, 4.69) is 15.3 Å². The number of rotatable bonds is 2. The first kappa shape index (κ1) is 9.55. The Hall–Kier alpha value is -0.670. The molecule has 2 nitrogen and oxygen atoms in total. The summed E-state index contributed by atoms with van der Waals surface area (Å²) in [5, 5.41) is 3.93. The molecule has 1 saturated carbocycles. The third-order valence-electron chi connectivity index (χ3n) is 2.80. The van der Waals surface area contributed by atoms with Crippen LogP contribution in [0, 0.1) is 0 Å². The topological polar surface area (TPSA) is 25.8 Å². The monoisotopic (exact) mass is 238 g/mol. The summed E-state index contributed by atoms with van der Waals surface area (Å²) >= 11 is 7.91. The Labute approximate surface area is 97.3 Å². The van der Waals surface area contributed by atoms with E-state index in [4.69, 9.17) is 11.6 Å². The molecule has 0 bridgehead atoms. The number of thiophene rings is 1. The summed E-state index contributed by atoms with van der Waals surface area (Å²) in [6, 6.07) is 0. The van der Waals surface area contributed by atoms with Crippen molar-refractivity contribution in [2.75, 3.05) is 0 Å². The molecule has 78 valence electrons. The number of halogens is 1. The first-order chi connectivity index (χ1) is 7.29. The molecule has 3 rings (SSSR count). The number of hydrogen-bond donors (Lipinski definition) is 0. The summed E-state index contributed by atoms with van der Waals surface area (Å²) in [5.41, 5.74) is 1.36. The molecule has 0 N–H and O–H groups in total. The van der Waals surface area contributed by atoms with Crippen molar-refractivity contribution in [2.24, 2.45) is 0 Å². The third kappa shape index (κ3) is 1.54. The molecular formula is C11H11ClN2S. The summed E-state index contributed by atoms with van der Waals surface area (Å²) in [6.07, 6.45) is 3.42. The van der Waals surface area contributed by atoms with Crippen LogP contribution >= 0.6 is 22.9 Å². The quantitative estimate of drug-likeness (QED) is 0.744. The highest BCUT2D eigenvalue weighted by molar-refractivity contribution is 7.17. The van der Waals surface area contributed by atoms with Gasteiger partial charge < -0.3 is 0 Å². The molecule has 0 saturated heterocycles. The van der Waals surface area contributed by atoms with Crippen LogP contribution in [0.5, 0.6) is 0 Å². The van der Waals surface area contributed by atoms with Crippen molar-refractivity contribution in [2.45, 2.75) is 32.1 Å². The van der Waals surface area contributed by atoms with Gasteiger partial charge in [0.2, 0.25) is 0 Å². The van der Waals surface area contributed by atoms with Gasteiger partial charge in [0.15, 0.2) is 0 Å². The SMILES string of the molecule is CCc1nc(Cl)c2c(C3CC3)csc2n1. The standard InChI is InChI=1S/C11H11ClN2S/c1-2-8-13-10(12)9-7(6-3-4-6)5-15-11(9)14-8/h5-6H,2-4H2,1H3. The highest BCUT2D eigenvalue weighted by Crippen LogP contribution is 2.46. The Balaban J connectivity index is 2.25. The van der Waals surface area contributed by atoms with Crippen LogP contribution in [0.25, 0.3) is 10.2 Å². The van der Waals surface area contributed by atoms with Gasteiger partial charge in [-0.25, -0.2) is 9.97 Å². The van der Waals surface area contributed by atoms with Gasteiger partial charge in [-0.2, -0.15) is 0 Å². The molecule has 0 spiro atoms. The van der Waals surface area contributed by atoms with E-state index in [0.717, 1.165) is 22.5 Å². The zero-order chi connectivity index (χ0) is 10.4. The van der Waals surface area contributed by atoms with Crippen LogP contribution in [0.2, 0.25) is 5.15 Å². The van der Waals surface area contributed by atoms with E-state index in [1.54, 1.807) is 11.3 Å². The van der Waals surface area contributed by atoms with Crippen molar-refractivity contribution in [1.29, 1.82) is 0 Å². The molecule has 2 aromatic heterocycles. The van der Waals surface area contributed by atoms with Gasteiger partial charge >= 0.3 is 0 Å². The Morgan fingerprint density at radius 2 is 2.27 bits per heavy atom. The minimum atomic E-state index is 0.639. The minimum Gasteiger partial charge on any atom is -0.222 e. The Morgan fingerprint density at radius 1 is 1.47 bits per heavy atom. The van der Waals surface area contributed by atoms with E-state index < -0.39 is 0 Å². The van der Waals surface area contributed by atoms with Crippen molar-refractivity contribution in [3.63, 3.8) is 0 Å². The fraction of sp³-hybridized carbons (Fsp3) is 0.455. The van der Waals surface area contributed by atoms with Crippen LogP contribution in [0.3, 0.4) is 0 Å². The van der Waals surface area contributed by atoms with Crippen molar-refractivity contribution in [1.82, 2.24) is 9.97 Å². The molecule has 0 atom stereocenters. The second-order valence-corrected chi connectivity index (χ2v) is 5.15. The number of nitrogens with zero attached hydrogens (tertiary/aromatic N) is 2. The predicted octanol–water partition coefficient (Wildman–Crippen LogP) is 3.78. The van der Waals surface area contributed by atoms with E-state index in [9.17, 15) is 0 Å². The predicted molar refractivity (Wildman–Crippen MR) is 63.8 cm³/mol. The largest absolute Gasteiger partial charge is 0.222 e. The molecule has 15 heavy (non-hydrogen) atoms. The number of hydrogen-bond acceptors (Lipinski definition) is 3. The van der Waals surface area contributed by atoms with Gasteiger partial charge in [-0.3, -0.25) is 0 Å². The normalized spacial score (nSPS) is 16.1. The van der Waals surface area contributed by atoms with Gasteiger partial charge in [0.1, 0.15) is 15.8 Å². The average molecular weight is 239 g/mol. The second-order valence-electron chi connectivity index (χ2n) is 3.93. The highest BCUT2D eigenvalue weighted by Gasteiger charge is 2.27. The molecule has 4 heteroatoms. The maximum Gasteiger partial charge on any atom is 0.141 e. The van der Waals surface area contributed by atoms with Crippen molar-refractivity contribution in [3.05, 3.63) is 21.9 Å². The molecular weight excluding hydrogens is 228 g/mol. The van der Waals surface area contributed by atoms with Gasteiger partial charge in [0, 0.05) is 6.42 Å². The molecule has 1 fully saturated rings. The van der Waals surface area contributed by atoms with Crippen LogP contribution in [-0.2, 0) is 6.42 Å². The van der Waals surface area contributed by atoms with Crippen LogP contribution < -0.4 is 0 Å². The van der Waals surface area contributed by atoms with Gasteiger partial charge in [-0.05, 0) is 29.7 Å². The minimum absolute atomic E-state index is 0.639. The summed E-state index contributed by atoms with van der Waals surface area (Å²) in [4.78, 5) is 9.88. The number of fused-ring (bicyclic) bond motifs is 1. The molecule has 0 radical (unpaired) electrons. The molecule has 0 aromatic carbocycles. The molecule has 0 unspecified atom stereocenters. The first-order valence-electron chi connectivity index (χ1n) is 5.23. The van der Waals surface area contributed by atoms with E-state index in [1.165, 1.54) is 18.4 Å². The second kappa shape index (κ2) is 3.42. The number of aromatic nitrogens is 2. The fourth-order valence-corrected chi connectivity index (χ4v) is 3.21. The van der Waals surface area contributed by atoms with E-state index >= 15 is 0 Å². The summed E-state index contributed by atoms with van der Waals surface area (Å²) in [6.45, 7) is 2.05. The van der Waals surface area contributed by atoms with Crippen molar-refractivity contribution >= 4 is 33.2 Å². The summed E-state index contributed by atoms with van der Waals surface area (Å²) < 4.78 is 0. The van der Waals surface area contributed by atoms with E-state index in [1.807, 2.05) is 6.92 Å². The maximum atomic E-state index is 6.21. The molecule has 0 aliphatic heterocycles. The lowest BCUT2D eigenvalue weighted by atomic mass is 10.1. The third-order valence-corrected chi connectivity index (χ3v) is 3.96. The van der Waals surface area contributed by atoms with Gasteiger partial charge in [-0.15, -0.1) is 11.3 Å². The van der Waals surface area contributed by atoms with E-state index in [0.29, 0.717) is 11.1 Å². The Bertz CT molecular complexity index is 517. The maximum absolute atomic E-state index is 6.21. The Morgan fingerprint density at radius 3 is 2.93 bits per heavy atom. The lowest BCUT2D eigenvalue weighted by Crippen LogP contribution is -1.93.